The molecule has 19 heavy (non-hydrogen) atoms. The van der Waals surface area contributed by atoms with Gasteiger partial charge in [-0.15, -0.1) is 0 Å². The Kier molecular flexibility index (Phi) is 5.64. The Hall–Kier alpha value is -0.610. The molecule has 0 aromatic heterocycles. The van der Waals surface area contributed by atoms with Crippen LogP contribution in [0.25, 0.3) is 0 Å². The molecule has 2 aliphatic heterocycles. The molecular weight excluding hydrogens is 238 g/mol. The van der Waals surface area contributed by atoms with Crippen LogP contribution in [0.1, 0.15) is 39.5 Å². The fourth-order valence-electron chi connectivity index (χ4n) is 3.10. The van der Waals surface area contributed by atoms with Crippen LogP contribution in [-0.2, 0) is 4.79 Å². The lowest BCUT2D eigenvalue weighted by Gasteiger charge is -2.41. The van der Waals surface area contributed by atoms with Gasteiger partial charge in [0.2, 0.25) is 5.91 Å². The molecule has 0 bridgehead atoms. The summed E-state index contributed by atoms with van der Waals surface area (Å²) in [5, 5.41) is 3.40. The van der Waals surface area contributed by atoms with Crippen molar-refractivity contribution in [3.05, 3.63) is 0 Å². The van der Waals surface area contributed by atoms with E-state index in [1.807, 2.05) is 0 Å². The number of hydrogen-bond donors (Lipinski definition) is 1. The molecule has 0 aromatic carbocycles. The van der Waals surface area contributed by atoms with Gasteiger partial charge in [-0.1, -0.05) is 13.8 Å². The zero-order chi connectivity index (χ0) is 13.7. The van der Waals surface area contributed by atoms with E-state index in [0.29, 0.717) is 17.9 Å². The Morgan fingerprint density at radius 2 is 2.00 bits per heavy atom. The highest BCUT2D eigenvalue weighted by molar-refractivity contribution is 5.76. The predicted molar refractivity (Wildman–Crippen MR) is 78.1 cm³/mol. The molecule has 2 heterocycles. The van der Waals surface area contributed by atoms with Crippen LogP contribution in [0.15, 0.2) is 0 Å². The van der Waals surface area contributed by atoms with Gasteiger partial charge >= 0.3 is 0 Å². The fourth-order valence-corrected chi connectivity index (χ4v) is 3.10. The first-order valence-corrected chi connectivity index (χ1v) is 7.89. The van der Waals surface area contributed by atoms with Crippen molar-refractivity contribution in [3.8, 4) is 0 Å². The third-order valence-electron chi connectivity index (χ3n) is 4.35. The Morgan fingerprint density at radius 1 is 1.26 bits per heavy atom. The number of nitrogens with zero attached hydrogens (tertiary/aromatic N) is 2. The first-order valence-electron chi connectivity index (χ1n) is 7.89. The van der Waals surface area contributed by atoms with E-state index in [9.17, 15) is 4.79 Å². The minimum absolute atomic E-state index is 0.369. The van der Waals surface area contributed by atoms with E-state index in [1.165, 1.54) is 12.8 Å². The molecule has 2 aliphatic rings. The summed E-state index contributed by atoms with van der Waals surface area (Å²) in [6.45, 7) is 10.8. The number of amides is 1. The molecule has 1 unspecified atom stereocenters. The average molecular weight is 267 g/mol. The van der Waals surface area contributed by atoms with E-state index in [2.05, 4.69) is 29.0 Å². The van der Waals surface area contributed by atoms with Gasteiger partial charge < -0.3 is 10.2 Å². The standard InChI is InChI=1S/C15H29N3O/c1-13(2)5-6-15(19)18-9-3-4-14(12-18)17-10-7-16-8-11-17/h13-14,16H,3-12H2,1-2H3. The fraction of sp³-hybridized carbons (Fsp3) is 0.933. The number of rotatable bonds is 4. The summed E-state index contributed by atoms with van der Waals surface area (Å²) in [4.78, 5) is 16.9. The quantitative estimate of drug-likeness (QED) is 0.834. The molecule has 1 atom stereocenters. The topological polar surface area (TPSA) is 35.6 Å². The Bertz CT molecular complexity index is 287. The van der Waals surface area contributed by atoms with Crippen molar-refractivity contribution in [1.29, 1.82) is 0 Å². The van der Waals surface area contributed by atoms with Gasteiger partial charge in [-0.3, -0.25) is 9.69 Å². The Morgan fingerprint density at radius 3 is 2.68 bits per heavy atom. The lowest BCUT2D eigenvalue weighted by atomic mass is 10.0. The van der Waals surface area contributed by atoms with Crippen LogP contribution in [0.4, 0.5) is 0 Å². The number of carbonyl (C=O) groups is 1. The molecule has 4 nitrogen and oxygen atoms in total. The van der Waals surface area contributed by atoms with E-state index in [0.717, 1.165) is 52.1 Å². The molecule has 0 radical (unpaired) electrons. The van der Waals surface area contributed by atoms with Crippen LogP contribution in [0, 0.1) is 5.92 Å². The molecule has 110 valence electrons. The highest BCUT2D eigenvalue weighted by Gasteiger charge is 2.28. The number of likely N-dealkylation sites (tertiary alicyclic amines) is 1. The van der Waals surface area contributed by atoms with Crippen LogP contribution in [0.5, 0.6) is 0 Å². The lowest BCUT2D eigenvalue weighted by molar-refractivity contribution is -0.133. The molecular formula is C15H29N3O. The maximum Gasteiger partial charge on any atom is 0.222 e. The van der Waals surface area contributed by atoms with E-state index >= 15 is 0 Å². The zero-order valence-electron chi connectivity index (χ0n) is 12.5. The van der Waals surface area contributed by atoms with Gasteiger partial charge in [0.25, 0.3) is 0 Å². The van der Waals surface area contributed by atoms with Crippen LogP contribution in [0.3, 0.4) is 0 Å². The summed E-state index contributed by atoms with van der Waals surface area (Å²) in [5.74, 6) is 0.992. The van der Waals surface area contributed by atoms with Gasteiger partial charge in [0.1, 0.15) is 0 Å². The van der Waals surface area contributed by atoms with Gasteiger partial charge in [0.15, 0.2) is 0 Å². The second kappa shape index (κ2) is 7.25. The van der Waals surface area contributed by atoms with Crippen LogP contribution < -0.4 is 5.32 Å². The largest absolute Gasteiger partial charge is 0.341 e. The number of nitrogens with one attached hydrogen (secondary N) is 1. The Labute approximate surface area is 117 Å². The number of piperazine rings is 1. The predicted octanol–water partition coefficient (Wildman–Crippen LogP) is 1.32. The zero-order valence-corrected chi connectivity index (χ0v) is 12.5. The van der Waals surface area contributed by atoms with E-state index in [-0.39, 0.29) is 0 Å². The van der Waals surface area contributed by atoms with Crippen molar-refractivity contribution in [2.75, 3.05) is 39.3 Å². The minimum Gasteiger partial charge on any atom is -0.341 e. The summed E-state index contributed by atoms with van der Waals surface area (Å²) < 4.78 is 0. The highest BCUT2D eigenvalue weighted by Crippen LogP contribution is 2.18. The summed E-state index contributed by atoms with van der Waals surface area (Å²) in [5.41, 5.74) is 0. The minimum atomic E-state index is 0.369. The second-order valence-corrected chi connectivity index (χ2v) is 6.35. The van der Waals surface area contributed by atoms with E-state index < -0.39 is 0 Å². The summed E-state index contributed by atoms with van der Waals surface area (Å²) in [6.07, 6.45) is 4.18. The lowest BCUT2D eigenvalue weighted by Crippen LogP contribution is -2.54. The van der Waals surface area contributed by atoms with Gasteiger partial charge in [-0.05, 0) is 25.2 Å². The van der Waals surface area contributed by atoms with Crippen molar-refractivity contribution >= 4 is 5.91 Å². The molecule has 2 fully saturated rings. The van der Waals surface area contributed by atoms with Crippen LogP contribution >= 0.6 is 0 Å². The number of piperidine rings is 1. The number of carbonyl (C=O) groups excluding carboxylic acids is 1. The first kappa shape index (κ1) is 14.8. The van der Waals surface area contributed by atoms with Gasteiger partial charge in [0.05, 0.1) is 0 Å². The maximum absolute atomic E-state index is 12.2. The molecule has 0 spiro atoms. The molecule has 1 amide bonds. The van der Waals surface area contributed by atoms with Crippen molar-refractivity contribution < 1.29 is 4.79 Å². The smallest absolute Gasteiger partial charge is 0.222 e. The molecule has 2 saturated heterocycles. The second-order valence-electron chi connectivity index (χ2n) is 6.35. The van der Waals surface area contributed by atoms with Gasteiger partial charge in [-0.25, -0.2) is 0 Å². The number of hydrogen-bond acceptors (Lipinski definition) is 3. The molecule has 0 saturated carbocycles. The first-order chi connectivity index (χ1) is 9.16. The van der Waals surface area contributed by atoms with Gasteiger partial charge in [-0.2, -0.15) is 0 Å². The normalized spacial score (nSPS) is 25.8. The average Bonchev–Trinajstić information content (AvgIpc) is 2.46. The SMILES string of the molecule is CC(C)CCC(=O)N1CCCC(N2CCNCC2)C1. The third-order valence-corrected chi connectivity index (χ3v) is 4.35. The molecule has 0 aromatic rings. The highest BCUT2D eigenvalue weighted by atomic mass is 16.2. The molecule has 2 rings (SSSR count). The Balaban J connectivity index is 1.80. The summed E-state index contributed by atoms with van der Waals surface area (Å²) in [7, 11) is 0. The van der Waals surface area contributed by atoms with Crippen molar-refractivity contribution in [3.63, 3.8) is 0 Å². The monoisotopic (exact) mass is 267 g/mol. The van der Waals surface area contributed by atoms with E-state index in [1.54, 1.807) is 0 Å². The molecule has 0 aliphatic carbocycles. The molecule has 4 heteroatoms. The summed E-state index contributed by atoms with van der Waals surface area (Å²) in [6, 6.07) is 0.596. The van der Waals surface area contributed by atoms with Crippen LogP contribution in [-0.4, -0.2) is 61.0 Å². The summed E-state index contributed by atoms with van der Waals surface area (Å²) >= 11 is 0. The molecule has 1 N–H and O–H groups in total. The van der Waals surface area contributed by atoms with Crippen molar-refractivity contribution in [2.24, 2.45) is 5.92 Å². The van der Waals surface area contributed by atoms with Crippen molar-refractivity contribution in [2.45, 2.75) is 45.6 Å². The third kappa shape index (κ3) is 4.46. The van der Waals surface area contributed by atoms with E-state index in [4.69, 9.17) is 0 Å². The van der Waals surface area contributed by atoms with Crippen LogP contribution in [0.2, 0.25) is 0 Å². The van der Waals surface area contributed by atoms with Crippen molar-refractivity contribution in [1.82, 2.24) is 15.1 Å². The van der Waals surface area contributed by atoms with Gasteiger partial charge in [0, 0.05) is 51.7 Å². The maximum atomic E-state index is 12.2.